The van der Waals surface area contributed by atoms with E-state index in [1.165, 1.54) is 30.6 Å². The van der Waals surface area contributed by atoms with Gasteiger partial charge in [-0.3, -0.25) is 4.79 Å². The lowest BCUT2D eigenvalue weighted by molar-refractivity contribution is 0.0603. The normalized spacial score (nSPS) is 10.6. The van der Waals surface area contributed by atoms with Gasteiger partial charge in [0.05, 0.1) is 24.3 Å². The number of anilines is 1. The van der Waals surface area contributed by atoms with Crippen molar-refractivity contribution < 1.29 is 19.1 Å². The van der Waals surface area contributed by atoms with Crippen molar-refractivity contribution in [3.8, 4) is 16.9 Å². The molecule has 1 aromatic heterocycles. The number of amides is 1. The number of thiophene rings is 1. The van der Waals surface area contributed by atoms with Gasteiger partial charge in [0, 0.05) is 15.5 Å². The van der Waals surface area contributed by atoms with Gasteiger partial charge in [-0.1, -0.05) is 35.3 Å². The Kier molecular flexibility index (Phi) is 7.02. The van der Waals surface area contributed by atoms with Crippen LogP contribution < -0.4 is 10.1 Å². The number of carbonyl (C=O) groups excluding carboxylic acids is 2. The molecule has 0 aliphatic rings. The molecule has 30 heavy (non-hydrogen) atoms. The molecule has 0 unspecified atom stereocenters. The molecule has 0 aliphatic carbocycles. The number of methoxy groups -OCH3 is 1. The Morgan fingerprint density at radius 3 is 2.40 bits per heavy atom. The molecule has 1 N–H and O–H groups in total. The number of halogens is 2. The fraction of sp³-hybridized carbons (Fsp3) is 0.182. The van der Waals surface area contributed by atoms with Gasteiger partial charge in [0.2, 0.25) is 0 Å². The molecule has 0 atom stereocenters. The minimum absolute atomic E-state index is 0.222. The summed E-state index contributed by atoms with van der Waals surface area (Å²) in [6, 6.07) is 12.0. The van der Waals surface area contributed by atoms with Crippen LogP contribution in [0.5, 0.6) is 5.75 Å². The van der Waals surface area contributed by atoms with Crippen LogP contribution in [-0.2, 0) is 4.74 Å². The predicted molar refractivity (Wildman–Crippen MR) is 121 cm³/mol. The Hall–Kier alpha value is -2.54. The van der Waals surface area contributed by atoms with Crippen LogP contribution in [0.15, 0.2) is 42.5 Å². The summed E-state index contributed by atoms with van der Waals surface area (Å²) in [6.07, 6.45) is 0. The zero-order valence-corrected chi connectivity index (χ0v) is 18.9. The third kappa shape index (κ3) is 4.61. The molecule has 0 bridgehead atoms. The second-order valence-electron chi connectivity index (χ2n) is 6.26. The highest BCUT2D eigenvalue weighted by Crippen LogP contribution is 2.41. The van der Waals surface area contributed by atoms with Gasteiger partial charge >= 0.3 is 5.97 Å². The van der Waals surface area contributed by atoms with E-state index < -0.39 is 11.9 Å². The molecule has 0 saturated carbocycles. The standard InChI is InChI=1S/C22H19Cl2NO4S/c1-4-29-15-8-5-13(6-9-15)18-12(2)30-21(19(18)22(27)28-3)25-20(26)16-10-7-14(23)11-17(16)24/h5-11H,4H2,1-3H3,(H,25,26). The van der Waals surface area contributed by atoms with E-state index in [1.54, 1.807) is 6.07 Å². The van der Waals surface area contributed by atoms with Crippen LogP contribution in [0.2, 0.25) is 10.0 Å². The number of esters is 1. The van der Waals surface area contributed by atoms with E-state index in [0.29, 0.717) is 27.8 Å². The summed E-state index contributed by atoms with van der Waals surface area (Å²) in [6.45, 7) is 4.36. The molecule has 2 aromatic carbocycles. The Labute approximate surface area is 188 Å². The van der Waals surface area contributed by atoms with Crippen molar-refractivity contribution in [1.82, 2.24) is 0 Å². The highest BCUT2D eigenvalue weighted by atomic mass is 35.5. The van der Waals surface area contributed by atoms with Crippen molar-refractivity contribution in [2.75, 3.05) is 19.0 Å². The highest BCUT2D eigenvalue weighted by Gasteiger charge is 2.26. The lowest BCUT2D eigenvalue weighted by Crippen LogP contribution is -2.14. The number of nitrogens with one attached hydrogen (secondary N) is 1. The molecule has 1 heterocycles. The average molecular weight is 464 g/mol. The quantitative estimate of drug-likeness (QED) is 0.425. The topological polar surface area (TPSA) is 64.6 Å². The van der Waals surface area contributed by atoms with Crippen LogP contribution in [0.1, 0.15) is 32.5 Å². The number of hydrogen-bond donors (Lipinski definition) is 1. The number of carbonyl (C=O) groups is 2. The van der Waals surface area contributed by atoms with Crippen LogP contribution >= 0.6 is 34.5 Å². The lowest BCUT2D eigenvalue weighted by atomic mass is 10.0. The van der Waals surface area contributed by atoms with Gasteiger partial charge in [-0.2, -0.15) is 0 Å². The summed E-state index contributed by atoms with van der Waals surface area (Å²) in [4.78, 5) is 26.2. The lowest BCUT2D eigenvalue weighted by Gasteiger charge is -2.10. The van der Waals surface area contributed by atoms with Crippen LogP contribution in [-0.4, -0.2) is 25.6 Å². The van der Waals surface area contributed by atoms with Gasteiger partial charge in [0.15, 0.2) is 0 Å². The molecule has 156 valence electrons. The van der Waals surface area contributed by atoms with Gasteiger partial charge < -0.3 is 14.8 Å². The first-order valence-electron chi connectivity index (χ1n) is 9.07. The molecular weight excluding hydrogens is 445 g/mol. The van der Waals surface area contributed by atoms with Crippen molar-refractivity contribution in [2.24, 2.45) is 0 Å². The number of ether oxygens (including phenoxy) is 2. The van der Waals surface area contributed by atoms with Crippen molar-refractivity contribution in [3.05, 3.63) is 68.5 Å². The van der Waals surface area contributed by atoms with Crippen LogP contribution in [0.3, 0.4) is 0 Å². The SMILES string of the molecule is CCOc1ccc(-c2c(C)sc(NC(=O)c3ccc(Cl)cc3Cl)c2C(=O)OC)cc1. The van der Waals surface area contributed by atoms with E-state index in [1.807, 2.05) is 38.1 Å². The van der Waals surface area contributed by atoms with E-state index in [2.05, 4.69) is 5.32 Å². The maximum atomic E-state index is 12.8. The number of benzene rings is 2. The van der Waals surface area contributed by atoms with Gasteiger partial charge in [0.25, 0.3) is 5.91 Å². The number of aryl methyl sites for hydroxylation is 1. The monoisotopic (exact) mass is 463 g/mol. The molecule has 5 nitrogen and oxygen atoms in total. The number of hydrogen-bond acceptors (Lipinski definition) is 5. The van der Waals surface area contributed by atoms with Crippen molar-refractivity contribution in [3.63, 3.8) is 0 Å². The largest absolute Gasteiger partial charge is 0.494 e. The van der Waals surface area contributed by atoms with Gasteiger partial charge in [-0.15, -0.1) is 11.3 Å². The third-order valence-corrected chi connectivity index (χ3v) is 5.90. The fourth-order valence-electron chi connectivity index (χ4n) is 3.01. The molecule has 8 heteroatoms. The molecule has 0 aliphatic heterocycles. The smallest absolute Gasteiger partial charge is 0.341 e. The highest BCUT2D eigenvalue weighted by molar-refractivity contribution is 7.17. The summed E-state index contributed by atoms with van der Waals surface area (Å²) < 4.78 is 10.5. The maximum Gasteiger partial charge on any atom is 0.341 e. The van der Waals surface area contributed by atoms with Crippen molar-refractivity contribution >= 4 is 51.4 Å². The van der Waals surface area contributed by atoms with Crippen LogP contribution in [0.4, 0.5) is 5.00 Å². The fourth-order valence-corrected chi connectivity index (χ4v) is 4.56. The second kappa shape index (κ2) is 9.51. The van der Waals surface area contributed by atoms with E-state index in [9.17, 15) is 9.59 Å². The van der Waals surface area contributed by atoms with E-state index in [0.717, 1.165) is 16.2 Å². The van der Waals surface area contributed by atoms with Crippen LogP contribution in [0, 0.1) is 6.92 Å². The van der Waals surface area contributed by atoms with E-state index in [-0.39, 0.29) is 10.6 Å². The number of rotatable bonds is 6. The minimum atomic E-state index is -0.541. The molecule has 0 radical (unpaired) electrons. The first kappa shape index (κ1) is 22.2. The molecule has 3 rings (SSSR count). The summed E-state index contributed by atoms with van der Waals surface area (Å²) in [5.41, 5.74) is 2.07. The third-order valence-electron chi connectivity index (χ3n) is 4.33. The average Bonchev–Trinajstić information content (AvgIpc) is 3.03. The van der Waals surface area contributed by atoms with Gasteiger partial charge in [0.1, 0.15) is 16.3 Å². The molecule has 0 saturated heterocycles. The first-order chi connectivity index (χ1) is 14.3. The Bertz CT molecular complexity index is 1090. The summed E-state index contributed by atoms with van der Waals surface area (Å²) >= 11 is 13.3. The van der Waals surface area contributed by atoms with Gasteiger partial charge in [-0.25, -0.2) is 4.79 Å². The Morgan fingerprint density at radius 2 is 1.80 bits per heavy atom. The predicted octanol–water partition coefficient (Wildman–Crippen LogP) is 6.47. The molecule has 0 fully saturated rings. The summed E-state index contributed by atoms with van der Waals surface area (Å²) in [5.74, 6) is -0.248. The second-order valence-corrected chi connectivity index (χ2v) is 8.33. The Morgan fingerprint density at radius 1 is 1.10 bits per heavy atom. The van der Waals surface area contributed by atoms with E-state index >= 15 is 0 Å². The summed E-state index contributed by atoms with van der Waals surface area (Å²) in [7, 11) is 1.30. The Balaban J connectivity index is 2.02. The zero-order valence-electron chi connectivity index (χ0n) is 16.5. The van der Waals surface area contributed by atoms with Crippen molar-refractivity contribution in [1.29, 1.82) is 0 Å². The van der Waals surface area contributed by atoms with Crippen LogP contribution in [0.25, 0.3) is 11.1 Å². The zero-order chi connectivity index (χ0) is 21.8. The minimum Gasteiger partial charge on any atom is -0.494 e. The van der Waals surface area contributed by atoms with Gasteiger partial charge in [-0.05, 0) is 49.7 Å². The molecular formula is C22H19Cl2NO4S. The molecule has 1 amide bonds. The molecule has 3 aromatic rings. The molecule has 0 spiro atoms. The first-order valence-corrected chi connectivity index (χ1v) is 10.6. The summed E-state index contributed by atoms with van der Waals surface area (Å²) in [5, 5.41) is 3.83. The van der Waals surface area contributed by atoms with Crippen molar-refractivity contribution in [2.45, 2.75) is 13.8 Å². The van der Waals surface area contributed by atoms with E-state index in [4.69, 9.17) is 32.7 Å². The maximum absolute atomic E-state index is 12.8.